The third-order valence-electron chi connectivity index (χ3n) is 3.61. The summed E-state index contributed by atoms with van der Waals surface area (Å²) < 4.78 is 25.2. The summed E-state index contributed by atoms with van der Waals surface area (Å²) >= 11 is 0. The van der Waals surface area contributed by atoms with Crippen molar-refractivity contribution in [3.63, 3.8) is 0 Å². The molecule has 21 heavy (non-hydrogen) atoms. The van der Waals surface area contributed by atoms with Gasteiger partial charge in [-0.25, -0.2) is 12.7 Å². The zero-order chi connectivity index (χ0) is 16.0. The molecular formula is C12H22N2O6S. The van der Waals surface area contributed by atoms with E-state index in [0.717, 1.165) is 11.2 Å². The number of aliphatic carboxylic acids is 1. The smallest absolute Gasteiger partial charge is 0.323 e. The molecule has 1 aliphatic rings. The van der Waals surface area contributed by atoms with Crippen LogP contribution in [0, 0.1) is 5.92 Å². The minimum atomic E-state index is -3.86. The van der Waals surface area contributed by atoms with Gasteiger partial charge in [0.1, 0.15) is 0 Å². The van der Waals surface area contributed by atoms with Gasteiger partial charge < -0.3 is 15.5 Å². The second kappa shape index (κ2) is 7.71. The molecule has 1 fully saturated rings. The highest BCUT2D eigenvalue weighted by Gasteiger charge is 2.37. The first-order valence-electron chi connectivity index (χ1n) is 6.91. The lowest BCUT2D eigenvalue weighted by Gasteiger charge is -2.31. The Morgan fingerprint density at radius 3 is 2.38 bits per heavy atom. The molecule has 1 atom stereocenters. The molecule has 0 aromatic rings. The van der Waals surface area contributed by atoms with Crippen LogP contribution in [0.15, 0.2) is 0 Å². The summed E-state index contributed by atoms with van der Waals surface area (Å²) in [5, 5.41) is 18.7. The van der Waals surface area contributed by atoms with E-state index in [-0.39, 0.29) is 31.5 Å². The predicted molar refractivity (Wildman–Crippen MR) is 75.0 cm³/mol. The van der Waals surface area contributed by atoms with E-state index in [0.29, 0.717) is 25.8 Å². The van der Waals surface area contributed by atoms with Crippen molar-refractivity contribution in [2.45, 2.75) is 31.4 Å². The van der Waals surface area contributed by atoms with Gasteiger partial charge in [-0.1, -0.05) is 0 Å². The van der Waals surface area contributed by atoms with E-state index in [4.69, 9.17) is 10.2 Å². The fraction of sp³-hybridized carbons (Fsp3) is 0.833. The van der Waals surface area contributed by atoms with Crippen molar-refractivity contribution in [2.24, 2.45) is 5.92 Å². The van der Waals surface area contributed by atoms with Crippen LogP contribution in [-0.4, -0.2) is 66.3 Å². The van der Waals surface area contributed by atoms with Gasteiger partial charge in [-0.3, -0.25) is 9.59 Å². The number of carboxylic acids is 1. The maximum Gasteiger partial charge on any atom is 0.323 e. The number of hydrogen-bond acceptors (Lipinski definition) is 5. The Hall–Kier alpha value is -1.19. The zero-order valence-electron chi connectivity index (χ0n) is 12.0. The van der Waals surface area contributed by atoms with E-state index in [1.165, 1.54) is 0 Å². The molecule has 1 heterocycles. The maximum atomic E-state index is 12.0. The monoisotopic (exact) mass is 322 g/mol. The highest BCUT2D eigenvalue weighted by atomic mass is 32.2. The van der Waals surface area contributed by atoms with E-state index >= 15 is 0 Å². The molecule has 1 amide bonds. The summed E-state index contributed by atoms with van der Waals surface area (Å²) in [5.74, 6) is -1.79. The fourth-order valence-electron chi connectivity index (χ4n) is 2.16. The average molecular weight is 322 g/mol. The van der Waals surface area contributed by atoms with Gasteiger partial charge in [0.05, 0.1) is 0 Å². The number of carbonyl (C=O) groups excluding carboxylic acids is 1. The summed E-state index contributed by atoms with van der Waals surface area (Å²) in [6, 6.07) is 0. The summed E-state index contributed by atoms with van der Waals surface area (Å²) in [4.78, 5) is 22.6. The van der Waals surface area contributed by atoms with Gasteiger partial charge in [-0.2, -0.15) is 0 Å². The highest BCUT2D eigenvalue weighted by Crippen LogP contribution is 2.21. The van der Waals surface area contributed by atoms with Crippen LogP contribution >= 0.6 is 0 Å². The molecular weight excluding hydrogens is 300 g/mol. The minimum absolute atomic E-state index is 0.00401. The van der Waals surface area contributed by atoms with Crippen molar-refractivity contribution in [1.29, 1.82) is 0 Å². The lowest BCUT2D eigenvalue weighted by atomic mass is 9.97. The number of sulfonamides is 1. The van der Waals surface area contributed by atoms with Crippen LogP contribution in [0.1, 0.15) is 26.2 Å². The Morgan fingerprint density at radius 2 is 1.90 bits per heavy atom. The Labute approximate surface area is 124 Å². The number of aliphatic hydroxyl groups is 1. The van der Waals surface area contributed by atoms with Crippen LogP contribution in [0.5, 0.6) is 0 Å². The third kappa shape index (κ3) is 4.65. The Balaban J connectivity index is 2.52. The standard InChI is InChI=1S/C12H22N2O6S/c1-9(12(17)18)21(19,20)14-6-3-10(4-7-14)11(16)13-5-2-8-15/h9-10,15H,2-8H2,1H3,(H,13,16)(H,17,18). The van der Waals surface area contributed by atoms with Gasteiger partial charge in [0.2, 0.25) is 15.9 Å². The van der Waals surface area contributed by atoms with Gasteiger partial charge >= 0.3 is 5.97 Å². The van der Waals surface area contributed by atoms with Gasteiger partial charge in [-0.15, -0.1) is 0 Å². The normalized spacial score (nSPS) is 19.1. The average Bonchev–Trinajstić information content (AvgIpc) is 2.46. The minimum Gasteiger partial charge on any atom is -0.480 e. The third-order valence-corrected chi connectivity index (χ3v) is 5.79. The van der Waals surface area contributed by atoms with E-state index in [9.17, 15) is 18.0 Å². The first kappa shape index (κ1) is 17.9. The largest absolute Gasteiger partial charge is 0.480 e. The van der Waals surface area contributed by atoms with Crippen LogP contribution in [0.25, 0.3) is 0 Å². The Bertz CT molecular complexity index is 470. The van der Waals surface area contributed by atoms with Crippen LogP contribution in [0.4, 0.5) is 0 Å². The Morgan fingerprint density at radius 1 is 1.33 bits per heavy atom. The maximum absolute atomic E-state index is 12.0. The number of rotatable bonds is 7. The molecule has 122 valence electrons. The molecule has 0 spiro atoms. The molecule has 1 unspecified atom stereocenters. The number of carboxylic acid groups (broad SMARTS) is 1. The van der Waals surface area contributed by atoms with E-state index < -0.39 is 21.2 Å². The van der Waals surface area contributed by atoms with Crippen molar-refractivity contribution in [3.8, 4) is 0 Å². The SMILES string of the molecule is CC(C(=O)O)S(=O)(=O)N1CCC(C(=O)NCCCO)CC1. The Kier molecular flexibility index (Phi) is 6.56. The van der Waals surface area contributed by atoms with Crippen LogP contribution < -0.4 is 5.32 Å². The molecule has 0 aliphatic carbocycles. The second-order valence-electron chi connectivity index (χ2n) is 5.07. The molecule has 9 heteroatoms. The number of nitrogens with one attached hydrogen (secondary N) is 1. The number of piperidine rings is 1. The molecule has 1 aliphatic heterocycles. The van der Waals surface area contributed by atoms with Crippen molar-refractivity contribution in [1.82, 2.24) is 9.62 Å². The van der Waals surface area contributed by atoms with Crippen molar-refractivity contribution >= 4 is 21.9 Å². The number of amides is 1. The first-order chi connectivity index (χ1) is 9.80. The van der Waals surface area contributed by atoms with E-state index in [2.05, 4.69) is 5.32 Å². The molecule has 3 N–H and O–H groups in total. The number of hydrogen-bond donors (Lipinski definition) is 3. The molecule has 8 nitrogen and oxygen atoms in total. The lowest BCUT2D eigenvalue weighted by molar-refractivity contribution is -0.136. The van der Waals surface area contributed by atoms with Gasteiger partial charge in [0, 0.05) is 32.2 Å². The topological polar surface area (TPSA) is 124 Å². The lowest BCUT2D eigenvalue weighted by Crippen LogP contribution is -2.47. The summed E-state index contributed by atoms with van der Waals surface area (Å²) in [5.41, 5.74) is 0. The van der Waals surface area contributed by atoms with Crippen LogP contribution in [-0.2, 0) is 19.6 Å². The molecule has 1 rings (SSSR count). The highest BCUT2D eigenvalue weighted by molar-refractivity contribution is 7.90. The van der Waals surface area contributed by atoms with Crippen LogP contribution in [0.2, 0.25) is 0 Å². The molecule has 0 aromatic heterocycles. The van der Waals surface area contributed by atoms with Crippen LogP contribution in [0.3, 0.4) is 0 Å². The van der Waals surface area contributed by atoms with Crippen molar-refractivity contribution in [2.75, 3.05) is 26.2 Å². The molecule has 0 aromatic carbocycles. The number of carbonyl (C=O) groups is 2. The first-order valence-corrected chi connectivity index (χ1v) is 8.41. The van der Waals surface area contributed by atoms with E-state index in [1.807, 2.05) is 0 Å². The summed E-state index contributed by atoms with van der Waals surface area (Å²) in [7, 11) is -3.86. The van der Waals surface area contributed by atoms with Crippen molar-refractivity contribution in [3.05, 3.63) is 0 Å². The zero-order valence-corrected chi connectivity index (χ0v) is 12.8. The van der Waals surface area contributed by atoms with Gasteiger partial charge in [-0.05, 0) is 26.2 Å². The molecule has 0 saturated carbocycles. The quantitative estimate of drug-likeness (QED) is 0.517. The summed E-state index contributed by atoms with van der Waals surface area (Å²) in [6.45, 7) is 1.84. The molecule has 0 bridgehead atoms. The van der Waals surface area contributed by atoms with Gasteiger partial charge in [0.15, 0.2) is 5.25 Å². The summed E-state index contributed by atoms with van der Waals surface area (Å²) in [6.07, 6.45) is 1.22. The second-order valence-corrected chi connectivity index (χ2v) is 7.32. The number of nitrogens with zero attached hydrogens (tertiary/aromatic N) is 1. The molecule has 1 saturated heterocycles. The van der Waals surface area contributed by atoms with Crippen molar-refractivity contribution < 1.29 is 28.2 Å². The number of aliphatic hydroxyl groups excluding tert-OH is 1. The predicted octanol–water partition coefficient (Wildman–Crippen LogP) is -1.00. The fourth-order valence-corrected chi connectivity index (χ4v) is 3.58. The van der Waals surface area contributed by atoms with E-state index in [1.54, 1.807) is 0 Å². The van der Waals surface area contributed by atoms with Gasteiger partial charge in [0.25, 0.3) is 0 Å². The molecule has 0 radical (unpaired) electrons.